The Balaban J connectivity index is 1.88. The molecule has 0 radical (unpaired) electrons. The van der Waals surface area contributed by atoms with Gasteiger partial charge in [0, 0.05) is 37.0 Å². The van der Waals surface area contributed by atoms with Crippen LogP contribution in [0.25, 0.3) is 11.3 Å². The molecule has 2 aromatic carbocycles. The molecule has 0 saturated heterocycles. The smallest absolute Gasteiger partial charge is 0.273 e. The normalized spacial score (nSPS) is 15.4. The summed E-state index contributed by atoms with van der Waals surface area (Å²) in [7, 11) is 4.92. The van der Waals surface area contributed by atoms with E-state index in [1.807, 2.05) is 53.4 Å². The molecule has 1 aromatic heterocycles. The van der Waals surface area contributed by atoms with Gasteiger partial charge in [-0.3, -0.25) is 9.89 Å². The van der Waals surface area contributed by atoms with Gasteiger partial charge in [-0.25, -0.2) is 0 Å². The Labute approximate surface area is 175 Å². The number of hydrogen-bond acceptors (Lipinski definition) is 5. The second-order valence-electron chi connectivity index (χ2n) is 7.08. The van der Waals surface area contributed by atoms with Crippen LogP contribution in [0.4, 0.5) is 0 Å². The van der Waals surface area contributed by atoms with Crippen LogP contribution in [0.2, 0.25) is 0 Å². The van der Waals surface area contributed by atoms with Gasteiger partial charge < -0.3 is 19.1 Å². The number of nitrogens with one attached hydrogen (secondary N) is 1. The third-order valence-corrected chi connectivity index (χ3v) is 5.39. The highest BCUT2D eigenvalue weighted by atomic mass is 16.5. The molecule has 156 valence electrons. The SMILES string of the molecule is COCCCN1C(=O)c2[nH]nc(-c3ccccc3)c2C1c1cc(OC)ccc1OC. The predicted molar refractivity (Wildman–Crippen MR) is 113 cm³/mol. The van der Waals surface area contributed by atoms with Crippen LogP contribution in [0, 0.1) is 0 Å². The molecule has 7 nitrogen and oxygen atoms in total. The molecular formula is C23H25N3O4. The van der Waals surface area contributed by atoms with Gasteiger partial charge in [-0.15, -0.1) is 0 Å². The third-order valence-electron chi connectivity index (χ3n) is 5.39. The van der Waals surface area contributed by atoms with E-state index in [9.17, 15) is 4.79 Å². The molecular weight excluding hydrogens is 382 g/mol. The molecule has 0 aliphatic carbocycles. The maximum absolute atomic E-state index is 13.3. The average Bonchev–Trinajstić information content (AvgIpc) is 3.33. The van der Waals surface area contributed by atoms with Crippen LogP contribution >= 0.6 is 0 Å². The lowest BCUT2D eigenvalue weighted by Gasteiger charge is -2.27. The van der Waals surface area contributed by atoms with E-state index in [0.29, 0.717) is 30.3 Å². The summed E-state index contributed by atoms with van der Waals surface area (Å²) < 4.78 is 16.3. The van der Waals surface area contributed by atoms with Gasteiger partial charge in [-0.1, -0.05) is 30.3 Å². The molecule has 4 rings (SSSR count). The molecule has 0 bridgehead atoms. The highest BCUT2D eigenvalue weighted by Crippen LogP contribution is 2.46. The number of H-pyrrole nitrogens is 1. The number of ether oxygens (including phenoxy) is 3. The molecule has 0 spiro atoms. The molecule has 30 heavy (non-hydrogen) atoms. The topological polar surface area (TPSA) is 76.7 Å². The Morgan fingerprint density at radius 1 is 1.07 bits per heavy atom. The second-order valence-corrected chi connectivity index (χ2v) is 7.08. The minimum Gasteiger partial charge on any atom is -0.497 e. The number of rotatable bonds is 8. The Morgan fingerprint density at radius 2 is 1.87 bits per heavy atom. The number of nitrogens with zero attached hydrogens (tertiary/aromatic N) is 2. The van der Waals surface area contributed by atoms with Gasteiger partial charge in [0.25, 0.3) is 5.91 Å². The van der Waals surface area contributed by atoms with Crippen LogP contribution in [0.5, 0.6) is 11.5 Å². The molecule has 3 aromatic rings. The van der Waals surface area contributed by atoms with Crippen LogP contribution in [-0.2, 0) is 4.74 Å². The molecule has 1 aliphatic rings. The fourth-order valence-electron chi connectivity index (χ4n) is 4.00. The predicted octanol–water partition coefficient (Wildman–Crippen LogP) is 3.68. The summed E-state index contributed by atoms with van der Waals surface area (Å²) in [5.74, 6) is 1.32. The van der Waals surface area contributed by atoms with E-state index in [1.165, 1.54) is 0 Å². The summed E-state index contributed by atoms with van der Waals surface area (Å²) in [6.07, 6.45) is 0.726. The number of benzene rings is 2. The maximum atomic E-state index is 13.3. The van der Waals surface area contributed by atoms with E-state index >= 15 is 0 Å². The number of aromatic amines is 1. The molecule has 1 amide bonds. The number of amides is 1. The summed E-state index contributed by atoms with van der Waals surface area (Å²) in [6.45, 7) is 1.12. The van der Waals surface area contributed by atoms with Crippen molar-refractivity contribution in [3.63, 3.8) is 0 Å². The number of hydrogen-bond donors (Lipinski definition) is 1. The highest BCUT2D eigenvalue weighted by Gasteiger charge is 2.43. The Kier molecular flexibility index (Phi) is 5.72. The molecule has 1 atom stereocenters. The summed E-state index contributed by atoms with van der Waals surface area (Å²) in [5.41, 5.74) is 3.95. The summed E-state index contributed by atoms with van der Waals surface area (Å²) in [4.78, 5) is 15.2. The molecule has 0 fully saturated rings. The molecule has 2 heterocycles. The molecule has 1 unspecified atom stereocenters. The van der Waals surface area contributed by atoms with Crippen LogP contribution < -0.4 is 9.47 Å². The van der Waals surface area contributed by atoms with Crippen LogP contribution in [-0.4, -0.2) is 55.5 Å². The van der Waals surface area contributed by atoms with Crippen molar-refractivity contribution in [2.45, 2.75) is 12.5 Å². The van der Waals surface area contributed by atoms with Crippen molar-refractivity contribution < 1.29 is 19.0 Å². The van der Waals surface area contributed by atoms with Gasteiger partial charge >= 0.3 is 0 Å². The standard InChI is InChI=1S/C23H25N3O4/c1-28-13-7-12-26-22(17-14-16(29-2)10-11-18(17)30-3)19-20(15-8-5-4-6-9-15)24-25-21(19)23(26)27/h4-6,8-11,14,22H,7,12-13H2,1-3H3,(H,24,25). The van der Waals surface area contributed by atoms with Gasteiger partial charge in [0.2, 0.25) is 0 Å². The third kappa shape index (κ3) is 3.41. The van der Waals surface area contributed by atoms with Crippen molar-refractivity contribution in [3.8, 4) is 22.8 Å². The number of carbonyl (C=O) groups is 1. The minimum absolute atomic E-state index is 0.0781. The van der Waals surface area contributed by atoms with E-state index < -0.39 is 0 Å². The van der Waals surface area contributed by atoms with Crippen molar-refractivity contribution in [1.82, 2.24) is 15.1 Å². The minimum atomic E-state index is -0.344. The van der Waals surface area contributed by atoms with E-state index in [1.54, 1.807) is 21.3 Å². The maximum Gasteiger partial charge on any atom is 0.273 e. The van der Waals surface area contributed by atoms with Gasteiger partial charge in [0.05, 0.1) is 26.0 Å². The zero-order valence-electron chi connectivity index (χ0n) is 17.3. The fraction of sp³-hybridized carbons (Fsp3) is 0.304. The van der Waals surface area contributed by atoms with Crippen LogP contribution in [0.15, 0.2) is 48.5 Å². The van der Waals surface area contributed by atoms with E-state index in [2.05, 4.69) is 10.2 Å². The average molecular weight is 407 g/mol. The quantitative estimate of drug-likeness (QED) is 0.577. The number of fused-ring (bicyclic) bond motifs is 1. The lowest BCUT2D eigenvalue weighted by atomic mass is 9.95. The lowest BCUT2D eigenvalue weighted by Crippen LogP contribution is -2.31. The van der Waals surface area contributed by atoms with Crippen molar-refractivity contribution >= 4 is 5.91 Å². The van der Waals surface area contributed by atoms with Crippen LogP contribution in [0.3, 0.4) is 0 Å². The highest BCUT2D eigenvalue weighted by molar-refractivity contribution is 6.00. The second kappa shape index (κ2) is 8.59. The van der Waals surface area contributed by atoms with Gasteiger partial charge in [0.1, 0.15) is 17.2 Å². The molecule has 1 aliphatic heterocycles. The van der Waals surface area contributed by atoms with E-state index in [4.69, 9.17) is 14.2 Å². The van der Waals surface area contributed by atoms with Crippen molar-refractivity contribution in [3.05, 3.63) is 65.4 Å². The van der Waals surface area contributed by atoms with E-state index in [0.717, 1.165) is 28.8 Å². The Morgan fingerprint density at radius 3 is 2.57 bits per heavy atom. The first-order valence-electron chi connectivity index (χ1n) is 9.85. The van der Waals surface area contributed by atoms with Gasteiger partial charge in [-0.05, 0) is 24.6 Å². The summed E-state index contributed by atoms with van der Waals surface area (Å²) in [6, 6.07) is 15.2. The number of aromatic nitrogens is 2. The molecule has 0 saturated carbocycles. The Hall–Kier alpha value is -3.32. The van der Waals surface area contributed by atoms with Crippen LogP contribution in [0.1, 0.15) is 34.1 Å². The van der Waals surface area contributed by atoms with Crippen molar-refractivity contribution in [1.29, 1.82) is 0 Å². The summed E-state index contributed by atoms with van der Waals surface area (Å²) >= 11 is 0. The molecule has 1 N–H and O–H groups in total. The van der Waals surface area contributed by atoms with Gasteiger partial charge in [-0.2, -0.15) is 5.10 Å². The zero-order valence-corrected chi connectivity index (χ0v) is 17.3. The summed E-state index contributed by atoms with van der Waals surface area (Å²) in [5, 5.41) is 7.47. The lowest BCUT2D eigenvalue weighted by molar-refractivity contribution is 0.0721. The van der Waals surface area contributed by atoms with Gasteiger partial charge in [0.15, 0.2) is 0 Å². The number of carbonyl (C=O) groups excluding carboxylic acids is 1. The first kappa shape index (κ1) is 20.0. The van der Waals surface area contributed by atoms with Crippen molar-refractivity contribution in [2.24, 2.45) is 0 Å². The van der Waals surface area contributed by atoms with Crippen molar-refractivity contribution in [2.75, 3.05) is 34.5 Å². The first-order chi connectivity index (χ1) is 14.7. The first-order valence-corrected chi connectivity index (χ1v) is 9.85. The number of methoxy groups -OCH3 is 3. The largest absolute Gasteiger partial charge is 0.497 e. The van der Waals surface area contributed by atoms with E-state index in [-0.39, 0.29) is 11.9 Å². The zero-order chi connectivity index (χ0) is 21.1. The Bertz CT molecular complexity index is 1030. The fourth-order valence-corrected chi connectivity index (χ4v) is 4.00. The monoisotopic (exact) mass is 407 g/mol. The molecule has 7 heteroatoms.